The van der Waals surface area contributed by atoms with Gasteiger partial charge in [-0.2, -0.15) is 0 Å². The third-order valence-corrected chi connectivity index (χ3v) is 2.45. The van der Waals surface area contributed by atoms with Gasteiger partial charge in [0.05, 0.1) is 17.4 Å². The van der Waals surface area contributed by atoms with Crippen molar-refractivity contribution in [3.8, 4) is 5.88 Å². The van der Waals surface area contributed by atoms with Crippen molar-refractivity contribution in [1.82, 2.24) is 10.2 Å². The monoisotopic (exact) mass is 238 g/mol. The molecular weight excluding hydrogens is 228 g/mol. The number of H-pyrrole nitrogens is 1. The van der Waals surface area contributed by atoms with E-state index in [9.17, 15) is 4.79 Å². The third kappa shape index (κ3) is 2.17. The SMILES string of the molecule is O=c1[nH]nc(OCCCCl)c2ccccc12. The second-order valence-electron chi connectivity index (χ2n) is 3.29. The Bertz CT molecular complexity index is 539. The van der Waals surface area contributed by atoms with Crippen LogP contribution in [0, 0.1) is 0 Å². The van der Waals surface area contributed by atoms with E-state index < -0.39 is 0 Å². The van der Waals surface area contributed by atoms with Gasteiger partial charge < -0.3 is 4.74 Å². The maximum atomic E-state index is 11.5. The molecule has 2 rings (SSSR count). The number of ether oxygens (including phenoxy) is 1. The van der Waals surface area contributed by atoms with Crippen LogP contribution in [0.1, 0.15) is 6.42 Å². The second kappa shape index (κ2) is 4.99. The molecule has 0 unspecified atom stereocenters. The molecule has 0 aliphatic heterocycles. The van der Waals surface area contributed by atoms with Crippen LogP contribution in [0.2, 0.25) is 0 Å². The van der Waals surface area contributed by atoms with Gasteiger partial charge in [-0.1, -0.05) is 12.1 Å². The van der Waals surface area contributed by atoms with Crippen LogP contribution in [0.25, 0.3) is 10.8 Å². The molecule has 1 aromatic heterocycles. The fourth-order valence-electron chi connectivity index (χ4n) is 1.42. The fraction of sp³-hybridized carbons (Fsp3) is 0.273. The summed E-state index contributed by atoms with van der Waals surface area (Å²) in [6.45, 7) is 0.493. The zero-order chi connectivity index (χ0) is 11.4. The van der Waals surface area contributed by atoms with E-state index in [1.807, 2.05) is 12.1 Å². The molecule has 16 heavy (non-hydrogen) atoms. The average molecular weight is 239 g/mol. The number of nitrogens with zero attached hydrogens (tertiary/aromatic N) is 1. The van der Waals surface area contributed by atoms with E-state index in [1.165, 1.54) is 0 Å². The molecule has 84 valence electrons. The van der Waals surface area contributed by atoms with Crippen molar-refractivity contribution >= 4 is 22.4 Å². The highest BCUT2D eigenvalue weighted by Crippen LogP contribution is 2.18. The molecule has 0 saturated heterocycles. The first-order valence-electron chi connectivity index (χ1n) is 4.99. The molecule has 0 radical (unpaired) electrons. The molecule has 0 spiro atoms. The van der Waals surface area contributed by atoms with E-state index in [0.29, 0.717) is 23.8 Å². The molecule has 1 heterocycles. The Labute approximate surface area is 97.2 Å². The maximum absolute atomic E-state index is 11.5. The number of alkyl halides is 1. The lowest BCUT2D eigenvalue weighted by Gasteiger charge is -2.05. The van der Waals surface area contributed by atoms with E-state index in [4.69, 9.17) is 16.3 Å². The van der Waals surface area contributed by atoms with Gasteiger partial charge in [0, 0.05) is 5.88 Å². The number of benzene rings is 1. The summed E-state index contributed by atoms with van der Waals surface area (Å²) in [7, 11) is 0. The molecule has 1 N–H and O–H groups in total. The summed E-state index contributed by atoms with van der Waals surface area (Å²) in [5, 5.41) is 7.59. The summed E-state index contributed by atoms with van der Waals surface area (Å²) in [5.74, 6) is 0.988. The molecule has 0 aliphatic rings. The first kappa shape index (κ1) is 11.0. The van der Waals surface area contributed by atoms with E-state index in [0.717, 1.165) is 11.8 Å². The van der Waals surface area contributed by atoms with Crippen molar-refractivity contribution in [2.45, 2.75) is 6.42 Å². The Morgan fingerprint density at radius 3 is 2.81 bits per heavy atom. The van der Waals surface area contributed by atoms with Gasteiger partial charge in [-0.05, 0) is 18.6 Å². The molecular formula is C11H11ClN2O2. The molecule has 4 nitrogen and oxygen atoms in total. The lowest BCUT2D eigenvalue weighted by molar-refractivity contribution is 0.306. The molecule has 0 aliphatic carbocycles. The summed E-state index contributed by atoms with van der Waals surface area (Å²) < 4.78 is 5.45. The lowest BCUT2D eigenvalue weighted by atomic mass is 10.2. The number of aromatic nitrogens is 2. The topological polar surface area (TPSA) is 55.0 Å². The van der Waals surface area contributed by atoms with Crippen LogP contribution in [0.4, 0.5) is 0 Å². The van der Waals surface area contributed by atoms with Crippen molar-refractivity contribution in [1.29, 1.82) is 0 Å². The van der Waals surface area contributed by atoms with E-state index >= 15 is 0 Å². The Balaban J connectivity index is 2.38. The average Bonchev–Trinajstić information content (AvgIpc) is 2.33. The minimum Gasteiger partial charge on any atom is -0.476 e. The molecule has 5 heteroatoms. The molecule has 0 fully saturated rings. The predicted molar refractivity (Wildman–Crippen MR) is 63.2 cm³/mol. The fourth-order valence-corrected chi connectivity index (χ4v) is 1.53. The number of nitrogens with one attached hydrogen (secondary N) is 1. The highest BCUT2D eigenvalue weighted by Gasteiger charge is 2.05. The summed E-state index contributed by atoms with van der Waals surface area (Å²) in [4.78, 5) is 11.5. The molecule has 1 aromatic carbocycles. The number of fused-ring (bicyclic) bond motifs is 1. The van der Waals surface area contributed by atoms with E-state index in [2.05, 4.69) is 10.2 Å². The van der Waals surface area contributed by atoms with Gasteiger partial charge in [-0.25, -0.2) is 5.10 Å². The first-order valence-corrected chi connectivity index (χ1v) is 5.52. The van der Waals surface area contributed by atoms with Gasteiger partial charge in [0.25, 0.3) is 5.56 Å². The molecule has 0 bridgehead atoms. The van der Waals surface area contributed by atoms with Crippen LogP contribution in [0.5, 0.6) is 5.88 Å². The molecule has 2 aromatic rings. The summed E-state index contributed by atoms with van der Waals surface area (Å²) in [5.41, 5.74) is -0.208. The lowest BCUT2D eigenvalue weighted by Crippen LogP contribution is -2.11. The van der Waals surface area contributed by atoms with Crippen LogP contribution in [0.15, 0.2) is 29.1 Å². The van der Waals surface area contributed by atoms with Crippen molar-refractivity contribution in [3.05, 3.63) is 34.6 Å². The standard InChI is InChI=1S/C11H11ClN2O2/c12-6-3-7-16-11-9-5-2-1-4-8(9)10(15)13-14-11/h1-2,4-5H,3,6-7H2,(H,13,15). The second-order valence-corrected chi connectivity index (χ2v) is 3.67. The first-order chi connectivity index (χ1) is 7.83. The zero-order valence-electron chi connectivity index (χ0n) is 8.57. The highest BCUT2D eigenvalue weighted by molar-refractivity contribution is 6.17. The molecule has 0 amide bonds. The van der Waals surface area contributed by atoms with Crippen molar-refractivity contribution < 1.29 is 4.74 Å². The number of hydrogen-bond donors (Lipinski definition) is 1. The Morgan fingerprint density at radius 1 is 1.31 bits per heavy atom. The number of rotatable bonds is 4. The van der Waals surface area contributed by atoms with Crippen LogP contribution >= 0.6 is 11.6 Å². The summed E-state index contributed by atoms with van der Waals surface area (Å²) >= 11 is 5.55. The largest absolute Gasteiger partial charge is 0.476 e. The predicted octanol–water partition coefficient (Wildman–Crippen LogP) is 1.93. The number of aromatic amines is 1. The quantitative estimate of drug-likeness (QED) is 0.654. The zero-order valence-corrected chi connectivity index (χ0v) is 9.33. The van der Waals surface area contributed by atoms with Crippen molar-refractivity contribution in [2.24, 2.45) is 0 Å². The molecule has 0 atom stereocenters. The maximum Gasteiger partial charge on any atom is 0.272 e. The highest BCUT2D eigenvalue weighted by atomic mass is 35.5. The van der Waals surface area contributed by atoms with Crippen LogP contribution in [0.3, 0.4) is 0 Å². The van der Waals surface area contributed by atoms with Crippen molar-refractivity contribution in [3.63, 3.8) is 0 Å². The van der Waals surface area contributed by atoms with Gasteiger partial charge in [0.2, 0.25) is 5.88 Å². The Kier molecular flexibility index (Phi) is 3.41. The number of hydrogen-bond acceptors (Lipinski definition) is 3. The Hall–Kier alpha value is -1.55. The summed E-state index contributed by atoms with van der Waals surface area (Å²) in [6.07, 6.45) is 0.747. The van der Waals surface area contributed by atoms with E-state index in [1.54, 1.807) is 12.1 Å². The normalized spacial score (nSPS) is 10.6. The van der Waals surface area contributed by atoms with Crippen LogP contribution in [-0.2, 0) is 0 Å². The smallest absolute Gasteiger partial charge is 0.272 e. The van der Waals surface area contributed by atoms with Gasteiger partial charge >= 0.3 is 0 Å². The minimum atomic E-state index is -0.208. The van der Waals surface area contributed by atoms with Gasteiger partial charge in [-0.15, -0.1) is 16.7 Å². The van der Waals surface area contributed by atoms with Gasteiger partial charge in [-0.3, -0.25) is 4.79 Å². The minimum absolute atomic E-state index is 0.208. The number of halogens is 1. The van der Waals surface area contributed by atoms with Gasteiger partial charge in [0.15, 0.2) is 0 Å². The van der Waals surface area contributed by atoms with Crippen LogP contribution in [-0.4, -0.2) is 22.7 Å². The van der Waals surface area contributed by atoms with Crippen molar-refractivity contribution in [2.75, 3.05) is 12.5 Å². The third-order valence-electron chi connectivity index (χ3n) is 2.18. The summed E-state index contributed by atoms with van der Waals surface area (Å²) in [6, 6.07) is 7.20. The Morgan fingerprint density at radius 2 is 2.06 bits per heavy atom. The van der Waals surface area contributed by atoms with Crippen LogP contribution < -0.4 is 10.3 Å². The van der Waals surface area contributed by atoms with Gasteiger partial charge in [0.1, 0.15) is 0 Å². The molecule has 0 saturated carbocycles. The van der Waals surface area contributed by atoms with E-state index in [-0.39, 0.29) is 5.56 Å².